The van der Waals surface area contributed by atoms with Gasteiger partial charge in [0.1, 0.15) is 12.4 Å². The predicted octanol–water partition coefficient (Wildman–Crippen LogP) is 5.28. The summed E-state index contributed by atoms with van der Waals surface area (Å²) in [4.78, 5) is 17.8. The van der Waals surface area contributed by atoms with E-state index in [2.05, 4.69) is 39.3 Å². The Labute approximate surface area is 253 Å². The van der Waals surface area contributed by atoms with Gasteiger partial charge < -0.3 is 23.8 Å². The normalized spacial score (nSPS) is 18.5. The zero-order chi connectivity index (χ0) is 28.5. The first kappa shape index (κ1) is 31.9. The van der Waals surface area contributed by atoms with Crippen molar-refractivity contribution >= 4 is 18.4 Å². The van der Waals surface area contributed by atoms with Crippen LogP contribution in [0.25, 0.3) is 0 Å². The summed E-state index contributed by atoms with van der Waals surface area (Å²) in [5.41, 5.74) is 3.39. The lowest BCUT2D eigenvalue weighted by Crippen LogP contribution is -2.49. The van der Waals surface area contributed by atoms with Crippen LogP contribution in [0.2, 0.25) is 0 Å². The van der Waals surface area contributed by atoms with E-state index in [1.165, 1.54) is 5.56 Å². The number of rotatable bonds is 13. The number of benzene rings is 2. The summed E-state index contributed by atoms with van der Waals surface area (Å²) in [5, 5.41) is 12.9. The molecule has 10 heteroatoms. The number of carboxylic acids is 1. The molecule has 0 aliphatic carbocycles. The van der Waals surface area contributed by atoms with E-state index in [0.717, 1.165) is 86.9 Å². The second-order valence-corrected chi connectivity index (χ2v) is 11.4. The lowest BCUT2D eigenvalue weighted by atomic mass is 9.78. The topological polar surface area (TPSA) is 107 Å². The van der Waals surface area contributed by atoms with Gasteiger partial charge >= 0.3 is 5.97 Å². The maximum Gasteiger partial charge on any atom is 0.303 e. The number of halogens is 1. The highest BCUT2D eigenvalue weighted by Crippen LogP contribution is 2.39. The van der Waals surface area contributed by atoms with Crippen molar-refractivity contribution in [3.63, 3.8) is 0 Å². The van der Waals surface area contributed by atoms with E-state index < -0.39 is 5.97 Å². The molecule has 2 aliphatic heterocycles. The highest BCUT2D eigenvalue weighted by molar-refractivity contribution is 5.85. The first-order valence-corrected chi connectivity index (χ1v) is 14.7. The maximum absolute atomic E-state index is 10.7. The average Bonchev–Trinajstić information content (AvgIpc) is 3.43. The largest absolute Gasteiger partial charge is 0.489 e. The van der Waals surface area contributed by atoms with Crippen molar-refractivity contribution in [3.05, 3.63) is 76.9 Å². The molecule has 0 bridgehead atoms. The van der Waals surface area contributed by atoms with E-state index in [9.17, 15) is 4.79 Å². The zero-order valence-electron chi connectivity index (χ0n) is 24.3. The number of aromatic nitrogens is 2. The minimum absolute atomic E-state index is 0. The van der Waals surface area contributed by atoms with Gasteiger partial charge in [-0.1, -0.05) is 41.6 Å². The Bertz CT molecular complexity index is 1240. The van der Waals surface area contributed by atoms with Gasteiger partial charge in [-0.3, -0.25) is 9.69 Å². The quantitative estimate of drug-likeness (QED) is 0.281. The fourth-order valence-electron chi connectivity index (χ4n) is 5.85. The van der Waals surface area contributed by atoms with Crippen LogP contribution in [0.15, 0.2) is 53.1 Å². The number of aliphatic carboxylic acids is 1. The number of ether oxygens (including phenoxy) is 3. The van der Waals surface area contributed by atoms with E-state index in [1.807, 2.05) is 24.3 Å². The number of aryl methyl sites for hydroxylation is 1. The third kappa shape index (κ3) is 9.26. The molecule has 1 atom stereocenters. The fourth-order valence-corrected chi connectivity index (χ4v) is 5.85. The summed E-state index contributed by atoms with van der Waals surface area (Å²) in [6, 6.07) is 16.3. The van der Waals surface area contributed by atoms with Crippen molar-refractivity contribution in [2.24, 2.45) is 5.92 Å². The molecule has 42 heavy (non-hydrogen) atoms. The molecule has 2 fully saturated rings. The first-order chi connectivity index (χ1) is 20.0. The molecule has 0 saturated carbocycles. The lowest BCUT2D eigenvalue weighted by molar-refractivity contribution is -0.137. The fraction of sp³-hybridized carbons (Fsp3) is 0.531. The molecule has 3 aromatic rings. The standard InChI is InChI=1S/C32H41N3O6.ClH/c1-38-18-13-29-33-30(41-34-29)20-27-12-19-40-32(21-27)14-16-35(17-15-32)22-25-2-4-26(5-3-25)23-39-28-9-6-24(7-10-28)8-11-31(36)37;/h2-7,9-10,27H,8,11-23H2,1H3,(H,36,37);1H. The highest BCUT2D eigenvalue weighted by atomic mass is 35.5. The van der Waals surface area contributed by atoms with Gasteiger partial charge in [0, 0.05) is 52.6 Å². The maximum atomic E-state index is 10.7. The van der Waals surface area contributed by atoms with Gasteiger partial charge in [0.2, 0.25) is 5.89 Å². The van der Waals surface area contributed by atoms with E-state index in [0.29, 0.717) is 32.0 Å². The van der Waals surface area contributed by atoms with Crippen molar-refractivity contribution in [2.75, 3.05) is 33.4 Å². The van der Waals surface area contributed by atoms with E-state index in [-0.39, 0.29) is 24.4 Å². The molecular weight excluding hydrogens is 558 g/mol. The molecule has 1 aromatic heterocycles. The molecule has 2 aromatic carbocycles. The second kappa shape index (κ2) is 15.5. The number of piperidine rings is 1. The van der Waals surface area contributed by atoms with Gasteiger partial charge in [-0.15, -0.1) is 12.4 Å². The van der Waals surface area contributed by atoms with E-state index in [4.69, 9.17) is 23.8 Å². The van der Waals surface area contributed by atoms with Crippen LogP contribution in [0.1, 0.15) is 60.5 Å². The number of methoxy groups -OCH3 is 1. The summed E-state index contributed by atoms with van der Waals surface area (Å²) in [6.45, 7) is 4.89. The SMILES string of the molecule is COCCc1noc(CC2CCOC3(CCN(Cc4ccc(COc5ccc(CCC(=O)O)cc5)cc4)CC3)C2)n1.Cl. The number of hydrogen-bond donors (Lipinski definition) is 1. The Morgan fingerprint density at radius 3 is 2.48 bits per heavy atom. The van der Waals surface area contributed by atoms with Crippen LogP contribution < -0.4 is 4.74 Å². The van der Waals surface area contributed by atoms with Crippen LogP contribution in [-0.2, 0) is 46.7 Å². The zero-order valence-corrected chi connectivity index (χ0v) is 25.2. The number of carboxylic acid groups (broad SMARTS) is 1. The van der Waals surface area contributed by atoms with Crippen molar-refractivity contribution in [3.8, 4) is 5.75 Å². The Morgan fingerprint density at radius 2 is 1.76 bits per heavy atom. The average molecular weight is 600 g/mol. The number of carbonyl (C=O) groups is 1. The summed E-state index contributed by atoms with van der Waals surface area (Å²) >= 11 is 0. The van der Waals surface area contributed by atoms with Crippen LogP contribution >= 0.6 is 12.4 Å². The van der Waals surface area contributed by atoms with Crippen LogP contribution in [0.4, 0.5) is 0 Å². The predicted molar refractivity (Wildman–Crippen MR) is 160 cm³/mol. The molecule has 2 aliphatic rings. The molecule has 228 valence electrons. The highest BCUT2D eigenvalue weighted by Gasteiger charge is 2.40. The van der Waals surface area contributed by atoms with Crippen molar-refractivity contribution in [1.82, 2.24) is 15.0 Å². The Morgan fingerprint density at radius 1 is 1.05 bits per heavy atom. The Kier molecular flexibility index (Phi) is 11.8. The van der Waals surface area contributed by atoms with Gasteiger partial charge in [0.05, 0.1) is 12.2 Å². The van der Waals surface area contributed by atoms with Crippen LogP contribution in [0.3, 0.4) is 0 Å². The molecule has 0 amide bonds. The van der Waals surface area contributed by atoms with Gasteiger partial charge in [-0.05, 0) is 66.8 Å². The number of likely N-dealkylation sites (tertiary alicyclic amines) is 1. The first-order valence-electron chi connectivity index (χ1n) is 14.7. The minimum Gasteiger partial charge on any atom is -0.489 e. The van der Waals surface area contributed by atoms with E-state index >= 15 is 0 Å². The van der Waals surface area contributed by atoms with Gasteiger partial charge in [-0.2, -0.15) is 4.98 Å². The third-order valence-corrected chi connectivity index (χ3v) is 8.25. The summed E-state index contributed by atoms with van der Waals surface area (Å²) in [6.07, 6.45) is 6.35. The van der Waals surface area contributed by atoms with Gasteiger partial charge in [0.25, 0.3) is 0 Å². The van der Waals surface area contributed by atoms with Crippen LogP contribution in [0.5, 0.6) is 5.75 Å². The molecule has 1 unspecified atom stereocenters. The molecule has 1 spiro atoms. The van der Waals surface area contributed by atoms with Gasteiger partial charge in [-0.25, -0.2) is 0 Å². The molecule has 5 rings (SSSR count). The smallest absolute Gasteiger partial charge is 0.303 e. The molecule has 1 N–H and O–H groups in total. The van der Waals surface area contributed by atoms with Crippen LogP contribution in [0, 0.1) is 5.92 Å². The number of nitrogens with zero attached hydrogens (tertiary/aromatic N) is 3. The van der Waals surface area contributed by atoms with Gasteiger partial charge in [0.15, 0.2) is 5.82 Å². The lowest BCUT2D eigenvalue weighted by Gasteiger charge is -2.46. The summed E-state index contributed by atoms with van der Waals surface area (Å²) in [7, 11) is 1.68. The van der Waals surface area contributed by atoms with Crippen molar-refractivity contribution < 1.29 is 28.6 Å². The minimum atomic E-state index is -0.782. The number of hydrogen-bond acceptors (Lipinski definition) is 8. The molecule has 0 radical (unpaired) electrons. The second-order valence-electron chi connectivity index (χ2n) is 11.4. The summed E-state index contributed by atoms with van der Waals surface area (Å²) < 4.78 is 22.9. The van der Waals surface area contributed by atoms with Crippen molar-refractivity contribution in [2.45, 2.75) is 70.1 Å². The third-order valence-electron chi connectivity index (χ3n) is 8.25. The monoisotopic (exact) mass is 599 g/mol. The van der Waals surface area contributed by atoms with Crippen molar-refractivity contribution in [1.29, 1.82) is 0 Å². The Hall–Kier alpha value is -2.98. The molecule has 2 saturated heterocycles. The molecular formula is C32H42ClN3O6. The summed E-state index contributed by atoms with van der Waals surface area (Å²) in [5.74, 6) is 1.96. The van der Waals surface area contributed by atoms with Crippen LogP contribution in [-0.4, -0.2) is 65.1 Å². The molecule has 9 nitrogen and oxygen atoms in total. The molecule has 3 heterocycles. The van der Waals surface area contributed by atoms with E-state index in [1.54, 1.807) is 7.11 Å². The Balaban J connectivity index is 0.00000405.